The molecule has 6 nitrogen and oxygen atoms in total. The molecule has 1 unspecified atom stereocenters. The van der Waals surface area contributed by atoms with Gasteiger partial charge in [0, 0.05) is 5.41 Å². The van der Waals surface area contributed by atoms with Crippen molar-refractivity contribution in [1.29, 1.82) is 0 Å². The molecular formula is C18H19Cl3O6. The SMILES string of the molecule is CCCC(C)(COC(=O)c1c(Cl)c(Cl)cc(Cl)c1OC(=O)C(=O)O)C1CC1. The van der Waals surface area contributed by atoms with E-state index in [1.54, 1.807) is 0 Å². The Morgan fingerprint density at radius 3 is 2.37 bits per heavy atom. The molecule has 1 N–H and O–H groups in total. The molecule has 1 aromatic rings. The zero-order valence-electron chi connectivity index (χ0n) is 14.8. The lowest BCUT2D eigenvalue weighted by Crippen LogP contribution is -2.28. The maximum Gasteiger partial charge on any atom is 0.422 e. The summed E-state index contributed by atoms with van der Waals surface area (Å²) in [6.45, 7) is 4.26. The number of carbonyl (C=O) groups is 3. The van der Waals surface area contributed by atoms with E-state index in [0.29, 0.717) is 5.92 Å². The number of esters is 2. The fourth-order valence-electron chi connectivity index (χ4n) is 3.05. The molecule has 0 heterocycles. The number of benzene rings is 1. The molecule has 1 aliphatic carbocycles. The fourth-order valence-corrected chi connectivity index (χ4v) is 3.76. The summed E-state index contributed by atoms with van der Waals surface area (Å²) in [5.74, 6) is -4.36. The average Bonchev–Trinajstić information content (AvgIpc) is 3.43. The van der Waals surface area contributed by atoms with Crippen molar-refractivity contribution >= 4 is 52.7 Å². The number of ether oxygens (including phenoxy) is 2. The van der Waals surface area contributed by atoms with Crippen LogP contribution in [0.15, 0.2) is 6.07 Å². The molecule has 0 radical (unpaired) electrons. The highest BCUT2D eigenvalue weighted by molar-refractivity contribution is 6.46. The third-order valence-electron chi connectivity index (χ3n) is 4.62. The Bertz CT molecular complexity index is 775. The minimum Gasteiger partial charge on any atom is -0.473 e. The zero-order valence-corrected chi connectivity index (χ0v) is 17.1. The molecule has 2 rings (SSSR count). The van der Waals surface area contributed by atoms with Crippen molar-refractivity contribution in [2.45, 2.75) is 39.5 Å². The lowest BCUT2D eigenvalue weighted by molar-refractivity contribution is -0.158. The molecule has 9 heteroatoms. The molecule has 148 valence electrons. The van der Waals surface area contributed by atoms with Gasteiger partial charge in [0.2, 0.25) is 0 Å². The largest absolute Gasteiger partial charge is 0.473 e. The van der Waals surface area contributed by atoms with Gasteiger partial charge in [-0.3, -0.25) is 0 Å². The van der Waals surface area contributed by atoms with E-state index in [-0.39, 0.29) is 32.7 Å². The quantitative estimate of drug-likeness (QED) is 0.279. The van der Waals surface area contributed by atoms with Crippen LogP contribution in [0.2, 0.25) is 15.1 Å². The summed E-state index contributed by atoms with van der Waals surface area (Å²) in [6, 6.07) is 1.15. The minimum absolute atomic E-state index is 0.0535. The van der Waals surface area contributed by atoms with E-state index >= 15 is 0 Å². The summed E-state index contributed by atoms with van der Waals surface area (Å²) in [5, 5.41) is 8.21. The Kier molecular flexibility index (Phi) is 7.00. The van der Waals surface area contributed by atoms with Crippen molar-refractivity contribution in [3.05, 3.63) is 26.7 Å². The Balaban J connectivity index is 2.30. The first-order chi connectivity index (χ1) is 12.6. The topological polar surface area (TPSA) is 89.9 Å². The lowest BCUT2D eigenvalue weighted by Gasteiger charge is -2.29. The van der Waals surface area contributed by atoms with Crippen LogP contribution in [0.1, 0.15) is 49.9 Å². The normalized spacial score (nSPS) is 15.7. The van der Waals surface area contributed by atoms with E-state index in [9.17, 15) is 14.4 Å². The van der Waals surface area contributed by atoms with Crippen molar-refractivity contribution in [3.8, 4) is 5.75 Å². The Labute approximate surface area is 171 Å². The minimum atomic E-state index is -1.85. The molecule has 0 amide bonds. The van der Waals surface area contributed by atoms with Crippen LogP contribution >= 0.6 is 34.8 Å². The van der Waals surface area contributed by atoms with Crippen LogP contribution in [0.5, 0.6) is 5.75 Å². The van der Waals surface area contributed by atoms with Gasteiger partial charge in [-0.25, -0.2) is 14.4 Å². The third kappa shape index (κ3) is 5.06. The number of hydrogen-bond donors (Lipinski definition) is 1. The first-order valence-electron chi connectivity index (χ1n) is 8.40. The monoisotopic (exact) mass is 436 g/mol. The molecule has 0 aliphatic heterocycles. The molecule has 1 atom stereocenters. The maximum absolute atomic E-state index is 12.7. The molecular weight excluding hydrogens is 419 g/mol. The van der Waals surface area contributed by atoms with Crippen molar-refractivity contribution in [3.63, 3.8) is 0 Å². The van der Waals surface area contributed by atoms with Crippen LogP contribution in [-0.4, -0.2) is 29.6 Å². The second kappa shape index (κ2) is 8.67. The van der Waals surface area contributed by atoms with Crippen molar-refractivity contribution in [2.75, 3.05) is 6.61 Å². The molecule has 0 spiro atoms. The van der Waals surface area contributed by atoms with Gasteiger partial charge in [-0.05, 0) is 31.2 Å². The fraction of sp³-hybridized carbons (Fsp3) is 0.500. The van der Waals surface area contributed by atoms with Crippen LogP contribution in [0.4, 0.5) is 0 Å². The van der Waals surface area contributed by atoms with E-state index < -0.39 is 23.7 Å². The van der Waals surface area contributed by atoms with E-state index in [1.807, 2.05) is 0 Å². The second-order valence-corrected chi connectivity index (χ2v) is 8.00. The number of halogens is 3. The zero-order chi connectivity index (χ0) is 20.4. The van der Waals surface area contributed by atoms with Crippen LogP contribution in [0, 0.1) is 11.3 Å². The van der Waals surface area contributed by atoms with Gasteiger partial charge in [-0.2, -0.15) is 0 Å². The van der Waals surface area contributed by atoms with Crippen molar-refractivity contribution < 1.29 is 29.0 Å². The van der Waals surface area contributed by atoms with Gasteiger partial charge in [0.05, 0.1) is 21.7 Å². The maximum atomic E-state index is 12.7. The number of hydrogen-bond acceptors (Lipinski definition) is 5. The number of carbonyl (C=O) groups excluding carboxylic acids is 2. The molecule has 0 saturated heterocycles. The molecule has 1 fully saturated rings. The van der Waals surface area contributed by atoms with Gasteiger partial charge in [0.15, 0.2) is 5.75 Å². The first kappa shape index (κ1) is 21.8. The molecule has 1 aliphatic rings. The van der Waals surface area contributed by atoms with E-state index in [4.69, 9.17) is 49.4 Å². The average molecular weight is 438 g/mol. The van der Waals surface area contributed by atoms with Gasteiger partial charge in [0.25, 0.3) is 0 Å². The highest BCUT2D eigenvalue weighted by atomic mass is 35.5. The Hall–Kier alpha value is -1.50. The summed E-state index contributed by atoms with van der Waals surface area (Å²) < 4.78 is 10.2. The van der Waals surface area contributed by atoms with E-state index in [2.05, 4.69) is 13.8 Å². The molecule has 1 aromatic carbocycles. The highest BCUT2D eigenvalue weighted by Crippen LogP contribution is 2.48. The van der Waals surface area contributed by atoms with Gasteiger partial charge >= 0.3 is 17.9 Å². The number of aliphatic carboxylic acids is 1. The Morgan fingerprint density at radius 1 is 1.22 bits per heavy atom. The van der Waals surface area contributed by atoms with E-state index in [1.165, 1.54) is 0 Å². The molecule has 0 bridgehead atoms. The van der Waals surface area contributed by atoms with Crippen molar-refractivity contribution in [1.82, 2.24) is 0 Å². The summed E-state index contributed by atoms with van der Waals surface area (Å²) in [5.41, 5.74) is -0.546. The molecule has 27 heavy (non-hydrogen) atoms. The number of carboxylic acids is 1. The standard InChI is InChI=1S/C18H19Cl3O6/c1-3-6-18(2,9-4-5-9)8-26-16(24)12-13(21)10(19)7-11(20)14(12)27-17(25)15(22)23/h7,9H,3-6,8H2,1-2H3,(H,22,23). The predicted molar refractivity (Wildman–Crippen MR) is 101 cm³/mol. The molecule has 1 saturated carbocycles. The lowest BCUT2D eigenvalue weighted by atomic mass is 9.81. The molecule has 0 aromatic heterocycles. The smallest absolute Gasteiger partial charge is 0.422 e. The highest BCUT2D eigenvalue weighted by Gasteiger charge is 2.42. The predicted octanol–water partition coefficient (Wildman–Crippen LogP) is 5.01. The first-order valence-corrected chi connectivity index (χ1v) is 9.53. The van der Waals surface area contributed by atoms with Crippen LogP contribution in [0.3, 0.4) is 0 Å². The van der Waals surface area contributed by atoms with Gasteiger partial charge in [-0.15, -0.1) is 0 Å². The van der Waals surface area contributed by atoms with Gasteiger partial charge in [-0.1, -0.05) is 55.1 Å². The van der Waals surface area contributed by atoms with Gasteiger partial charge < -0.3 is 14.6 Å². The van der Waals surface area contributed by atoms with Crippen LogP contribution in [0.25, 0.3) is 0 Å². The van der Waals surface area contributed by atoms with Crippen LogP contribution < -0.4 is 4.74 Å². The summed E-state index contributed by atoms with van der Waals surface area (Å²) in [7, 11) is 0. The number of carboxylic acid groups (broad SMARTS) is 1. The number of rotatable bonds is 7. The summed E-state index contributed by atoms with van der Waals surface area (Å²) >= 11 is 18.0. The van der Waals surface area contributed by atoms with Gasteiger partial charge in [0.1, 0.15) is 5.56 Å². The second-order valence-electron chi connectivity index (χ2n) is 6.81. The third-order valence-corrected chi connectivity index (χ3v) is 5.69. The van der Waals surface area contributed by atoms with Crippen LogP contribution in [-0.2, 0) is 14.3 Å². The van der Waals surface area contributed by atoms with E-state index in [0.717, 1.165) is 31.7 Å². The van der Waals surface area contributed by atoms with Crippen molar-refractivity contribution in [2.24, 2.45) is 11.3 Å². The summed E-state index contributed by atoms with van der Waals surface area (Å²) in [4.78, 5) is 34.9. The Morgan fingerprint density at radius 2 is 1.85 bits per heavy atom. The summed E-state index contributed by atoms with van der Waals surface area (Å²) in [6.07, 6.45) is 3.99.